The molecule has 0 spiro atoms. The fraction of sp³-hybridized carbons (Fsp3) is 0.700. The highest BCUT2D eigenvalue weighted by atomic mass is 32.2. The van der Waals surface area contributed by atoms with E-state index in [0.717, 1.165) is 12.1 Å². The summed E-state index contributed by atoms with van der Waals surface area (Å²) in [6, 6.07) is 0.000833. The Kier molecular flexibility index (Phi) is 2.58. The lowest BCUT2D eigenvalue weighted by Crippen LogP contribution is -2.45. The molecular weight excluding hydrogens is 214 g/mol. The van der Waals surface area contributed by atoms with Crippen molar-refractivity contribution >= 4 is 15.6 Å². The summed E-state index contributed by atoms with van der Waals surface area (Å²) in [5.74, 6) is 0.576. The molecule has 0 N–H and O–H groups in total. The Morgan fingerprint density at radius 2 is 2.13 bits per heavy atom. The van der Waals surface area contributed by atoms with E-state index in [9.17, 15) is 13.2 Å². The van der Waals surface area contributed by atoms with Crippen LogP contribution >= 0.6 is 0 Å². The van der Waals surface area contributed by atoms with Crippen molar-refractivity contribution in [2.75, 3.05) is 18.1 Å². The SMILES string of the molecule is CC1CS(=O)(=O)CCN1C1=CC(=O)CC1. The van der Waals surface area contributed by atoms with E-state index in [1.54, 1.807) is 6.08 Å². The van der Waals surface area contributed by atoms with Crippen LogP contribution < -0.4 is 0 Å². The highest BCUT2D eigenvalue weighted by Crippen LogP contribution is 2.24. The average Bonchev–Trinajstić information content (AvgIpc) is 2.50. The summed E-state index contributed by atoms with van der Waals surface area (Å²) < 4.78 is 22.7. The topological polar surface area (TPSA) is 54.5 Å². The third-order valence-corrected chi connectivity index (χ3v) is 4.79. The summed E-state index contributed by atoms with van der Waals surface area (Å²) in [4.78, 5) is 13.2. The standard InChI is InChI=1S/C10H15NO3S/c1-8-7-15(13,14)5-4-11(8)9-2-3-10(12)6-9/h6,8H,2-5,7H2,1H3. The van der Waals surface area contributed by atoms with Crippen LogP contribution in [0.4, 0.5) is 0 Å². The van der Waals surface area contributed by atoms with Crippen molar-refractivity contribution < 1.29 is 13.2 Å². The van der Waals surface area contributed by atoms with Gasteiger partial charge in [0.25, 0.3) is 0 Å². The molecule has 0 radical (unpaired) electrons. The van der Waals surface area contributed by atoms with Crippen molar-refractivity contribution in [3.8, 4) is 0 Å². The van der Waals surface area contributed by atoms with Crippen molar-refractivity contribution in [1.82, 2.24) is 4.90 Å². The molecule has 84 valence electrons. The molecule has 1 heterocycles. The lowest BCUT2D eigenvalue weighted by Gasteiger charge is -2.35. The number of carbonyl (C=O) groups excluding carboxylic acids is 1. The number of allylic oxidation sites excluding steroid dienone is 2. The monoisotopic (exact) mass is 229 g/mol. The van der Waals surface area contributed by atoms with E-state index in [0.29, 0.717) is 13.0 Å². The van der Waals surface area contributed by atoms with Crippen LogP contribution in [-0.2, 0) is 14.6 Å². The molecule has 1 aliphatic heterocycles. The highest BCUT2D eigenvalue weighted by Gasteiger charge is 2.30. The van der Waals surface area contributed by atoms with Gasteiger partial charge in [0.1, 0.15) is 0 Å². The molecule has 0 aromatic heterocycles. The van der Waals surface area contributed by atoms with E-state index in [-0.39, 0.29) is 23.3 Å². The second-order valence-electron chi connectivity index (χ2n) is 4.26. The van der Waals surface area contributed by atoms with E-state index >= 15 is 0 Å². The van der Waals surface area contributed by atoms with E-state index in [4.69, 9.17) is 0 Å². The summed E-state index contributed by atoms with van der Waals surface area (Å²) in [5.41, 5.74) is 1.02. The molecule has 0 amide bonds. The van der Waals surface area contributed by atoms with Crippen molar-refractivity contribution in [2.24, 2.45) is 0 Å². The van der Waals surface area contributed by atoms with Crippen LogP contribution in [0.1, 0.15) is 19.8 Å². The van der Waals surface area contributed by atoms with Crippen LogP contribution in [-0.4, -0.2) is 43.2 Å². The van der Waals surface area contributed by atoms with E-state index < -0.39 is 9.84 Å². The molecule has 0 aromatic rings. The largest absolute Gasteiger partial charge is 0.370 e. The predicted octanol–water partition coefficient (Wildman–Crippen LogP) is 0.352. The third kappa shape index (κ3) is 2.22. The van der Waals surface area contributed by atoms with Crippen molar-refractivity contribution in [3.63, 3.8) is 0 Å². The Morgan fingerprint density at radius 1 is 1.40 bits per heavy atom. The zero-order valence-electron chi connectivity index (χ0n) is 8.77. The summed E-state index contributed by atoms with van der Waals surface area (Å²) in [5, 5.41) is 0. The van der Waals surface area contributed by atoms with Crippen LogP contribution in [0.5, 0.6) is 0 Å². The van der Waals surface area contributed by atoms with Gasteiger partial charge in [-0.2, -0.15) is 0 Å². The summed E-state index contributed by atoms with van der Waals surface area (Å²) in [6.45, 7) is 2.43. The zero-order chi connectivity index (χ0) is 11.1. The van der Waals surface area contributed by atoms with E-state index in [1.807, 2.05) is 6.92 Å². The Bertz CT molecular complexity index is 410. The van der Waals surface area contributed by atoms with Crippen molar-refractivity contribution in [3.05, 3.63) is 11.8 Å². The molecule has 1 aliphatic carbocycles. The lowest BCUT2D eigenvalue weighted by molar-refractivity contribution is -0.114. The second-order valence-corrected chi connectivity index (χ2v) is 6.49. The summed E-state index contributed by atoms with van der Waals surface area (Å²) in [6.07, 6.45) is 3.00. The minimum atomic E-state index is -2.86. The zero-order valence-corrected chi connectivity index (χ0v) is 9.59. The van der Waals surface area contributed by atoms with Gasteiger partial charge in [-0.1, -0.05) is 0 Å². The maximum Gasteiger partial charge on any atom is 0.157 e. The van der Waals surface area contributed by atoms with Gasteiger partial charge in [-0.3, -0.25) is 4.79 Å². The molecule has 0 saturated carbocycles. The molecule has 1 fully saturated rings. The first-order valence-electron chi connectivity index (χ1n) is 5.18. The molecule has 2 rings (SSSR count). The van der Waals surface area contributed by atoms with Gasteiger partial charge in [0.15, 0.2) is 15.6 Å². The van der Waals surface area contributed by atoms with Crippen LogP contribution in [0.2, 0.25) is 0 Å². The quantitative estimate of drug-likeness (QED) is 0.651. The lowest BCUT2D eigenvalue weighted by atomic mass is 10.2. The Morgan fingerprint density at radius 3 is 2.67 bits per heavy atom. The molecular formula is C10H15NO3S. The molecule has 0 aromatic carbocycles. The Balaban J connectivity index is 2.13. The van der Waals surface area contributed by atoms with Gasteiger partial charge < -0.3 is 4.90 Å². The third-order valence-electron chi connectivity index (χ3n) is 2.99. The predicted molar refractivity (Wildman–Crippen MR) is 57.1 cm³/mol. The second kappa shape index (κ2) is 3.63. The van der Waals surface area contributed by atoms with Gasteiger partial charge in [-0.15, -0.1) is 0 Å². The molecule has 0 bridgehead atoms. The highest BCUT2D eigenvalue weighted by molar-refractivity contribution is 7.91. The number of ketones is 1. The molecule has 4 nitrogen and oxygen atoms in total. The van der Waals surface area contributed by atoms with Crippen LogP contribution in [0.15, 0.2) is 11.8 Å². The normalized spacial score (nSPS) is 30.5. The van der Waals surface area contributed by atoms with E-state index in [2.05, 4.69) is 4.90 Å². The molecule has 15 heavy (non-hydrogen) atoms. The molecule has 1 unspecified atom stereocenters. The van der Waals surface area contributed by atoms with Crippen molar-refractivity contribution in [2.45, 2.75) is 25.8 Å². The van der Waals surface area contributed by atoms with Crippen LogP contribution in [0, 0.1) is 0 Å². The van der Waals surface area contributed by atoms with Gasteiger partial charge in [-0.25, -0.2) is 8.42 Å². The maximum atomic E-state index is 11.4. The number of hydrogen-bond donors (Lipinski definition) is 0. The number of rotatable bonds is 1. The smallest absolute Gasteiger partial charge is 0.157 e. The summed E-state index contributed by atoms with van der Waals surface area (Å²) in [7, 11) is -2.86. The van der Waals surface area contributed by atoms with Gasteiger partial charge in [0.05, 0.1) is 11.5 Å². The number of carbonyl (C=O) groups is 1. The maximum absolute atomic E-state index is 11.4. The molecule has 1 saturated heterocycles. The van der Waals surface area contributed by atoms with Crippen molar-refractivity contribution in [1.29, 1.82) is 0 Å². The van der Waals surface area contributed by atoms with Gasteiger partial charge in [-0.05, 0) is 13.3 Å². The molecule has 2 aliphatic rings. The number of sulfone groups is 1. The first-order chi connectivity index (χ1) is 6.98. The van der Waals surface area contributed by atoms with Crippen LogP contribution in [0.3, 0.4) is 0 Å². The van der Waals surface area contributed by atoms with Gasteiger partial charge in [0, 0.05) is 30.8 Å². The van der Waals surface area contributed by atoms with Crippen LogP contribution in [0.25, 0.3) is 0 Å². The number of hydrogen-bond acceptors (Lipinski definition) is 4. The van der Waals surface area contributed by atoms with Gasteiger partial charge in [0.2, 0.25) is 0 Å². The molecule has 5 heteroatoms. The minimum absolute atomic E-state index is 0.000833. The first-order valence-corrected chi connectivity index (χ1v) is 7.00. The fourth-order valence-electron chi connectivity index (χ4n) is 2.23. The number of nitrogens with zero attached hydrogens (tertiary/aromatic N) is 1. The van der Waals surface area contributed by atoms with Gasteiger partial charge >= 0.3 is 0 Å². The summed E-state index contributed by atoms with van der Waals surface area (Å²) >= 11 is 0. The first kappa shape index (κ1) is 10.7. The average molecular weight is 229 g/mol. The Hall–Kier alpha value is -0.840. The Labute approximate surface area is 89.9 Å². The molecule has 1 atom stereocenters. The van der Waals surface area contributed by atoms with E-state index in [1.165, 1.54) is 0 Å². The minimum Gasteiger partial charge on any atom is -0.370 e. The fourth-order valence-corrected chi connectivity index (χ4v) is 3.79.